The molecule has 1 N–H and O–H groups in total. The fraction of sp³-hybridized carbons (Fsp3) is 0.647. The first-order chi connectivity index (χ1) is 11.1. The van der Waals surface area contributed by atoms with Crippen molar-refractivity contribution in [1.29, 1.82) is 0 Å². The smallest absolute Gasteiger partial charge is 0.240 e. The molecule has 3 rings (SSSR count). The first kappa shape index (κ1) is 16.9. The van der Waals surface area contributed by atoms with Gasteiger partial charge in [-0.05, 0) is 55.9 Å². The van der Waals surface area contributed by atoms with Gasteiger partial charge in [0.05, 0.1) is 18.1 Å². The molecular weight excluding hydrogens is 312 g/mol. The number of fused-ring (bicyclic) bond motifs is 1. The largest absolute Gasteiger partial charge is 0.379 e. The number of hydrogen-bond donors (Lipinski definition) is 1. The minimum absolute atomic E-state index is 0.173. The van der Waals surface area contributed by atoms with E-state index in [0.717, 1.165) is 45.6 Å². The first-order valence-electron chi connectivity index (χ1n) is 8.49. The van der Waals surface area contributed by atoms with Gasteiger partial charge >= 0.3 is 0 Å². The average molecular weight is 338 g/mol. The SMILES string of the molecule is CC(CNS(=O)(=O)c1ccc2c(c1)CCCC2)N1CCOCC1. The number of aryl methyl sites for hydroxylation is 2. The van der Waals surface area contributed by atoms with Crippen LogP contribution in [0.3, 0.4) is 0 Å². The molecule has 5 nitrogen and oxygen atoms in total. The van der Waals surface area contributed by atoms with Crippen molar-refractivity contribution in [3.8, 4) is 0 Å². The predicted molar refractivity (Wildman–Crippen MR) is 90.1 cm³/mol. The van der Waals surface area contributed by atoms with Gasteiger partial charge in [0, 0.05) is 25.7 Å². The van der Waals surface area contributed by atoms with Crippen molar-refractivity contribution in [3.63, 3.8) is 0 Å². The molecule has 1 heterocycles. The lowest BCUT2D eigenvalue weighted by atomic mass is 9.92. The maximum Gasteiger partial charge on any atom is 0.240 e. The molecule has 1 atom stereocenters. The summed E-state index contributed by atoms with van der Waals surface area (Å²) in [4.78, 5) is 2.66. The summed E-state index contributed by atoms with van der Waals surface area (Å²) in [6.45, 7) is 5.66. The van der Waals surface area contributed by atoms with Gasteiger partial charge in [-0.15, -0.1) is 0 Å². The van der Waals surface area contributed by atoms with E-state index < -0.39 is 10.0 Å². The van der Waals surface area contributed by atoms with Crippen LogP contribution in [0.2, 0.25) is 0 Å². The maximum absolute atomic E-state index is 12.6. The Kier molecular flexibility index (Phi) is 5.36. The zero-order chi connectivity index (χ0) is 16.3. The number of hydrogen-bond acceptors (Lipinski definition) is 4. The van der Waals surface area contributed by atoms with Gasteiger partial charge in [0.2, 0.25) is 10.0 Å². The van der Waals surface area contributed by atoms with Gasteiger partial charge < -0.3 is 4.74 Å². The highest BCUT2D eigenvalue weighted by Gasteiger charge is 2.21. The van der Waals surface area contributed by atoms with Crippen molar-refractivity contribution in [2.75, 3.05) is 32.8 Å². The van der Waals surface area contributed by atoms with Crippen molar-refractivity contribution in [2.24, 2.45) is 0 Å². The third-order valence-electron chi connectivity index (χ3n) is 4.87. The molecule has 0 saturated carbocycles. The second-order valence-corrected chi connectivity index (χ2v) is 8.25. The Balaban J connectivity index is 1.64. The molecule has 1 aliphatic heterocycles. The Morgan fingerprint density at radius 2 is 1.87 bits per heavy atom. The molecule has 1 saturated heterocycles. The molecule has 6 heteroatoms. The number of morpholine rings is 1. The lowest BCUT2D eigenvalue weighted by molar-refractivity contribution is 0.0213. The Hall–Kier alpha value is -0.950. The van der Waals surface area contributed by atoms with Crippen LogP contribution in [0, 0.1) is 0 Å². The summed E-state index contributed by atoms with van der Waals surface area (Å²) in [6, 6.07) is 5.75. The Morgan fingerprint density at radius 3 is 2.61 bits per heavy atom. The molecule has 23 heavy (non-hydrogen) atoms. The van der Waals surface area contributed by atoms with E-state index in [4.69, 9.17) is 4.74 Å². The highest BCUT2D eigenvalue weighted by atomic mass is 32.2. The van der Waals surface area contributed by atoms with Crippen molar-refractivity contribution < 1.29 is 13.2 Å². The van der Waals surface area contributed by atoms with Gasteiger partial charge in [-0.25, -0.2) is 13.1 Å². The highest BCUT2D eigenvalue weighted by molar-refractivity contribution is 7.89. The van der Waals surface area contributed by atoms with Crippen LogP contribution in [-0.4, -0.2) is 52.2 Å². The van der Waals surface area contributed by atoms with Crippen molar-refractivity contribution in [3.05, 3.63) is 29.3 Å². The van der Waals surface area contributed by atoms with Gasteiger partial charge in [0.1, 0.15) is 0 Å². The predicted octanol–water partition coefficient (Wildman–Crippen LogP) is 1.56. The number of ether oxygens (including phenoxy) is 1. The standard InChI is InChI=1S/C17H26N2O3S/c1-14(19-8-10-22-11-9-19)13-18-23(20,21)17-7-6-15-4-2-3-5-16(15)12-17/h6-7,12,14,18H,2-5,8-11,13H2,1H3. The molecule has 2 aliphatic rings. The van der Waals surface area contributed by atoms with Gasteiger partial charge in [-0.2, -0.15) is 0 Å². The van der Waals surface area contributed by atoms with Crippen molar-refractivity contribution >= 4 is 10.0 Å². The van der Waals surface area contributed by atoms with Gasteiger partial charge in [-0.1, -0.05) is 6.07 Å². The molecule has 0 bridgehead atoms. The fourth-order valence-corrected chi connectivity index (χ4v) is 4.51. The molecular formula is C17H26N2O3S. The van der Waals surface area contributed by atoms with E-state index in [1.54, 1.807) is 6.07 Å². The van der Waals surface area contributed by atoms with Gasteiger partial charge in [0.25, 0.3) is 0 Å². The van der Waals surface area contributed by atoms with Crippen molar-refractivity contribution in [2.45, 2.75) is 43.5 Å². The number of benzene rings is 1. The third-order valence-corrected chi connectivity index (χ3v) is 6.29. The summed E-state index contributed by atoms with van der Waals surface area (Å²) in [6.07, 6.45) is 4.41. The van der Waals surface area contributed by atoms with E-state index in [9.17, 15) is 8.42 Å². The van der Waals surface area contributed by atoms with Crippen LogP contribution in [0.4, 0.5) is 0 Å². The molecule has 0 spiro atoms. The number of sulfonamides is 1. The molecule has 1 fully saturated rings. The van der Waals surface area contributed by atoms with E-state index >= 15 is 0 Å². The molecule has 1 unspecified atom stereocenters. The van der Waals surface area contributed by atoms with Crippen LogP contribution >= 0.6 is 0 Å². The third kappa shape index (κ3) is 4.12. The lowest BCUT2D eigenvalue weighted by Gasteiger charge is -2.32. The molecule has 0 radical (unpaired) electrons. The molecule has 0 amide bonds. The highest BCUT2D eigenvalue weighted by Crippen LogP contribution is 2.24. The van der Waals surface area contributed by atoms with E-state index in [1.807, 2.05) is 12.1 Å². The van der Waals surface area contributed by atoms with E-state index in [0.29, 0.717) is 11.4 Å². The normalized spacial score (nSPS) is 20.9. The first-order valence-corrected chi connectivity index (χ1v) is 9.98. The minimum atomic E-state index is -3.44. The minimum Gasteiger partial charge on any atom is -0.379 e. The summed E-state index contributed by atoms with van der Waals surface area (Å²) in [5.74, 6) is 0. The summed E-state index contributed by atoms with van der Waals surface area (Å²) in [7, 11) is -3.44. The molecule has 1 aromatic carbocycles. The van der Waals surface area contributed by atoms with E-state index in [-0.39, 0.29) is 6.04 Å². The van der Waals surface area contributed by atoms with Crippen LogP contribution in [0.25, 0.3) is 0 Å². The Labute approximate surface area is 139 Å². The second-order valence-electron chi connectivity index (χ2n) is 6.49. The van der Waals surface area contributed by atoms with E-state index in [2.05, 4.69) is 16.5 Å². The zero-order valence-corrected chi connectivity index (χ0v) is 14.6. The second kappa shape index (κ2) is 7.30. The van der Waals surface area contributed by atoms with Crippen LogP contribution < -0.4 is 4.72 Å². The van der Waals surface area contributed by atoms with Gasteiger partial charge in [0.15, 0.2) is 0 Å². The average Bonchev–Trinajstić information content (AvgIpc) is 2.60. The molecule has 1 aromatic rings. The zero-order valence-electron chi connectivity index (χ0n) is 13.8. The summed E-state index contributed by atoms with van der Waals surface area (Å²) in [5, 5.41) is 0. The molecule has 1 aliphatic carbocycles. The number of rotatable bonds is 5. The van der Waals surface area contributed by atoms with Crippen LogP contribution in [0.1, 0.15) is 30.9 Å². The lowest BCUT2D eigenvalue weighted by Crippen LogP contribution is -2.47. The quantitative estimate of drug-likeness (QED) is 0.885. The Morgan fingerprint density at radius 1 is 1.17 bits per heavy atom. The van der Waals surface area contributed by atoms with Crippen LogP contribution in [0.15, 0.2) is 23.1 Å². The summed E-state index contributed by atoms with van der Waals surface area (Å²) < 4.78 is 33.2. The molecule has 0 aromatic heterocycles. The van der Waals surface area contributed by atoms with Crippen molar-refractivity contribution in [1.82, 2.24) is 9.62 Å². The number of nitrogens with one attached hydrogen (secondary N) is 1. The monoisotopic (exact) mass is 338 g/mol. The van der Waals surface area contributed by atoms with Crippen LogP contribution in [0.5, 0.6) is 0 Å². The summed E-state index contributed by atoms with van der Waals surface area (Å²) in [5.41, 5.74) is 2.50. The maximum atomic E-state index is 12.6. The number of nitrogens with zero attached hydrogens (tertiary/aromatic N) is 1. The summed E-state index contributed by atoms with van der Waals surface area (Å²) >= 11 is 0. The fourth-order valence-electron chi connectivity index (χ4n) is 3.34. The Bertz CT molecular complexity index is 639. The van der Waals surface area contributed by atoms with Crippen LogP contribution in [-0.2, 0) is 27.6 Å². The molecule has 128 valence electrons. The van der Waals surface area contributed by atoms with Gasteiger partial charge in [-0.3, -0.25) is 4.90 Å². The van der Waals surface area contributed by atoms with E-state index in [1.165, 1.54) is 17.5 Å². The topological polar surface area (TPSA) is 58.6 Å².